The van der Waals surface area contributed by atoms with Crippen molar-refractivity contribution in [2.75, 3.05) is 12.8 Å². The second-order valence-electron chi connectivity index (χ2n) is 5.17. The van der Waals surface area contributed by atoms with Gasteiger partial charge in [0.2, 0.25) is 0 Å². The quantitative estimate of drug-likeness (QED) is 0.829. The summed E-state index contributed by atoms with van der Waals surface area (Å²) in [7, 11) is 2.18. The third-order valence-electron chi connectivity index (χ3n) is 3.80. The molecule has 0 unspecified atom stereocenters. The molecular formula is C14H20BrClN2. The Kier molecular flexibility index (Phi) is 4.93. The molecule has 4 heteroatoms. The average molecular weight is 332 g/mol. The lowest BCUT2D eigenvalue weighted by Crippen LogP contribution is -2.33. The maximum atomic E-state index is 6.11. The van der Waals surface area contributed by atoms with E-state index < -0.39 is 0 Å². The SMILES string of the molecule is CN(Cc1cc(Br)cc(Cl)c1N)C1CCCCC1. The second-order valence-corrected chi connectivity index (χ2v) is 6.49. The molecule has 0 bridgehead atoms. The summed E-state index contributed by atoms with van der Waals surface area (Å²) >= 11 is 9.59. The van der Waals surface area contributed by atoms with Gasteiger partial charge < -0.3 is 5.73 Å². The van der Waals surface area contributed by atoms with Crippen molar-refractivity contribution < 1.29 is 0 Å². The van der Waals surface area contributed by atoms with E-state index in [4.69, 9.17) is 17.3 Å². The zero-order chi connectivity index (χ0) is 13.1. The van der Waals surface area contributed by atoms with Crippen LogP contribution in [0.15, 0.2) is 16.6 Å². The van der Waals surface area contributed by atoms with Crippen molar-refractivity contribution in [1.82, 2.24) is 4.90 Å². The van der Waals surface area contributed by atoms with Gasteiger partial charge in [-0.25, -0.2) is 0 Å². The van der Waals surface area contributed by atoms with E-state index in [9.17, 15) is 0 Å². The Morgan fingerprint density at radius 1 is 1.33 bits per heavy atom. The number of nitrogens with two attached hydrogens (primary N) is 1. The Bertz CT molecular complexity index is 417. The number of halogens is 2. The Morgan fingerprint density at radius 2 is 2.00 bits per heavy atom. The summed E-state index contributed by atoms with van der Waals surface area (Å²) in [4.78, 5) is 2.41. The highest BCUT2D eigenvalue weighted by molar-refractivity contribution is 9.10. The average Bonchev–Trinajstić information content (AvgIpc) is 2.36. The van der Waals surface area contributed by atoms with E-state index in [0.717, 1.165) is 16.6 Å². The van der Waals surface area contributed by atoms with E-state index in [1.807, 2.05) is 6.07 Å². The molecule has 0 aliphatic heterocycles. The van der Waals surface area contributed by atoms with Crippen LogP contribution in [0.4, 0.5) is 5.69 Å². The van der Waals surface area contributed by atoms with Crippen molar-refractivity contribution >= 4 is 33.2 Å². The molecule has 0 atom stereocenters. The summed E-state index contributed by atoms with van der Waals surface area (Å²) in [6.45, 7) is 0.871. The lowest BCUT2D eigenvalue weighted by Gasteiger charge is -2.31. The van der Waals surface area contributed by atoms with Crippen LogP contribution in [0.5, 0.6) is 0 Å². The van der Waals surface area contributed by atoms with Crippen LogP contribution in [-0.2, 0) is 6.54 Å². The molecule has 0 saturated heterocycles. The summed E-state index contributed by atoms with van der Waals surface area (Å²) in [6, 6.07) is 4.61. The maximum Gasteiger partial charge on any atom is 0.0649 e. The standard InChI is InChI=1S/C14H20BrClN2/c1-18(12-5-3-2-4-6-12)9-10-7-11(15)8-13(16)14(10)17/h7-8,12H,2-6,9,17H2,1H3. The molecule has 0 amide bonds. The first-order valence-electron chi connectivity index (χ1n) is 6.51. The summed E-state index contributed by atoms with van der Waals surface area (Å²) < 4.78 is 0.994. The minimum Gasteiger partial charge on any atom is -0.397 e. The van der Waals surface area contributed by atoms with Crippen molar-refractivity contribution in [2.24, 2.45) is 0 Å². The molecule has 1 aliphatic rings. The molecule has 0 radical (unpaired) electrons. The van der Waals surface area contributed by atoms with Gasteiger partial charge in [0.1, 0.15) is 0 Å². The van der Waals surface area contributed by atoms with E-state index in [1.165, 1.54) is 32.1 Å². The molecule has 0 heterocycles. The van der Waals surface area contributed by atoms with Crippen LogP contribution in [0.2, 0.25) is 5.02 Å². The zero-order valence-corrected chi connectivity index (χ0v) is 13.1. The molecule has 2 nitrogen and oxygen atoms in total. The molecule has 2 rings (SSSR count). The Morgan fingerprint density at radius 3 is 2.67 bits per heavy atom. The van der Waals surface area contributed by atoms with Gasteiger partial charge in [0, 0.05) is 17.1 Å². The molecule has 0 aromatic heterocycles. The summed E-state index contributed by atoms with van der Waals surface area (Å²) in [6.07, 6.45) is 6.69. The lowest BCUT2D eigenvalue weighted by atomic mass is 9.94. The van der Waals surface area contributed by atoms with Crippen molar-refractivity contribution in [3.63, 3.8) is 0 Å². The molecule has 1 saturated carbocycles. The predicted octanol–water partition coefficient (Wildman–Crippen LogP) is 4.45. The molecule has 18 heavy (non-hydrogen) atoms. The Balaban J connectivity index is 2.08. The monoisotopic (exact) mass is 330 g/mol. The highest BCUT2D eigenvalue weighted by atomic mass is 79.9. The van der Waals surface area contributed by atoms with E-state index >= 15 is 0 Å². The van der Waals surface area contributed by atoms with Crippen LogP contribution in [0.25, 0.3) is 0 Å². The van der Waals surface area contributed by atoms with E-state index in [2.05, 4.69) is 33.9 Å². The topological polar surface area (TPSA) is 29.3 Å². The third kappa shape index (κ3) is 3.40. The second kappa shape index (κ2) is 6.27. The van der Waals surface area contributed by atoms with Crippen molar-refractivity contribution in [3.8, 4) is 0 Å². The van der Waals surface area contributed by atoms with Crippen molar-refractivity contribution in [2.45, 2.75) is 44.7 Å². The number of nitrogen functional groups attached to an aromatic ring is 1. The minimum atomic E-state index is 0.636. The zero-order valence-electron chi connectivity index (χ0n) is 10.8. The smallest absolute Gasteiger partial charge is 0.0649 e. The van der Waals surface area contributed by atoms with Crippen LogP contribution >= 0.6 is 27.5 Å². The molecule has 1 aliphatic carbocycles. The van der Waals surface area contributed by atoms with Gasteiger partial charge in [-0.1, -0.05) is 46.8 Å². The van der Waals surface area contributed by atoms with Crippen LogP contribution in [0, 0.1) is 0 Å². The number of anilines is 1. The Hall–Kier alpha value is -0.250. The van der Waals surface area contributed by atoms with Gasteiger partial charge in [0.25, 0.3) is 0 Å². The number of benzene rings is 1. The van der Waals surface area contributed by atoms with E-state index in [0.29, 0.717) is 16.8 Å². The first-order valence-corrected chi connectivity index (χ1v) is 7.68. The minimum absolute atomic E-state index is 0.636. The number of hydrogen-bond donors (Lipinski definition) is 1. The molecule has 0 spiro atoms. The highest BCUT2D eigenvalue weighted by Crippen LogP contribution is 2.30. The fourth-order valence-corrected chi connectivity index (χ4v) is 3.56. The first-order chi connectivity index (χ1) is 8.58. The van der Waals surface area contributed by atoms with Crippen molar-refractivity contribution in [3.05, 3.63) is 27.2 Å². The third-order valence-corrected chi connectivity index (χ3v) is 4.57. The van der Waals surface area contributed by atoms with Crippen molar-refractivity contribution in [1.29, 1.82) is 0 Å². The normalized spacial score (nSPS) is 17.3. The number of nitrogens with zero attached hydrogens (tertiary/aromatic N) is 1. The molecule has 1 aromatic rings. The molecule has 2 N–H and O–H groups in total. The predicted molar refractivity (Wildman–Crippen MR) is 81.9 cm³/mol. The molecule has 1 fully saturated rings. The fourth-order valence-electron chi connectivity index (χ4n) is 2.69. The first kappa shape index (κ1) is 14.2. The molecule has 1 aromatic carbocycles. The van der Waals surface area contributed by atoms with Gasteiger partial charge in [-0.3, -0.25) is 4.90 Å². The van der Waals surface area contributed by atoms with Crippen LogP contribution < -0.4 is 5.73 Å². The molecule has 100 valence electrons. The highest BCUT2D eigenvalue weighted by Gasteiger charge is 2.19. The lowest BCUT2D eigenvalue weighted by molar-refractivity contribution is 0.185. The summed E-state index contributed by atoms with van der Waals surface area (Å²) in [5.74, 6) is 0. The molecular weight excluding hydrogens is 312 g/mol. The fraction of sp³-hybridized carbons (Fsp3) is 0.571. The van der Waals surface area contributed by atoms with Crippen LogP contribution in [-0.4, -0.2) is 18.0 Å². The largest absolute Gasteiger partial charge is 0.397 e. The maximum absolute atomic E-state index is 6.11. The summed E-state index contributed by atoms with van der Waals surface area (Å²) in [5.41, 5.74) is 7.87. The Labute approximate surface area is 123 Å². The van der Waals surface area contributed by atoms with Gasteiger partial charge in [0.15, 0.2) is 0 Å². The van der Waals surface area contributed by atoms with Gasteiger partial charge in [0.05, 0.1) is 10.7 Å². The van der Waals surface area contributed by atoms with E-state index in [-0.39, 0.29) is 0 Å². The van der Waals surface area contributed by atoms with Gasteiger partial charge in [-0.05, 0) is 37.6 Å². The van der Waals surface area contributed by atoms with Crippen LogP contribution in [0.3, 0.4) is 0 Å². The van der Waals surface area contributed by atoms with Gasteiger partial charge >= 0.3 is 0 Å². The van der Waals surface area contributed by atoms with Gasteiger partial charge in [-0.2, -0.15) is 0 Å². The van der Waals surface area contributed by atoms with Crippen LogP contribution in [0.1, 0.15) is 37.7 Å². The number of hydrogen-bond acceptors (Lipinski definition) is 2. The number of rotatable bonds is 3. The van der Waals surface area contributed by atoms with E-state index in [1.54, 1.807) is 0 Å². The van der Waals surface area contributed by atoms with Gasteiger partial charge in [-0.15, -0.1) is 0 Å². The summed E-state index contributed by atoms with van der Waals surface area (Å²) in [5, 5.41) is 0.636.